The number of morpholine rings is 1. The Labute approximate surface area is 145 Å². The molecule has 1 aromatic heterocycles. The molecule has 1 aliphatic heterocycles. The highest BCUT2D eigenvalue weighted by Gasteiger charge is 2.26. The van der Waals surface area contributed by atoms with Gasteiger partial charge in [0.1, 0.15) is 10.7 Å². The molecule has 0 N–H and O–H groups in total. The van der Waals surface area contributed by atoms with Gasteiger partial charge in [0.15, 0.2) is 11.5 Å². The molecule has 0 spiro atoms. The van der Waals surface area contributed by atoms with Gasteiger partial charge < -0.3 is 19.1 Å². The molecule has 0 saturated carbocycles. The first kappa shape index (κ1) is 16.7. The third kappa shape index (κ3) is 3.22. The number of hydrogen-bond acceptors (Lipinski definition) is 6. The number of aromatic nitrogens is 1. The normalized spacial score (nSPS) is 17.6. The molecule has 0 bridgehead atoms. The van der Waals surface area contributed by atoms with E-state index in [4.69, 9.17) is 14.2 Å². The highest BCUT2D eigenvalue weighted by atomic mass is 32.1. The molecule has 128 valence electrons. The Hall–Kier alpha value is -2.12. The molecule has 1 unspecified atom stereocenters. The van der Waals surface area contributed by atoms with Crippen LogP contribution in [0.3, 0.4) is 0 Å². The number of rotatable bonds is 4. The molecule has 24 heavy (non-hydrogen) atoms. The minimum atomic E-state index is -0.0474. The molecule has 0 radical (unpaired) electrons. The maximum atomic E-state index is 12.6. The summed E-state index contributed by atoms with van der Waals surface area (Å²) in [5.74, 6) is 1.25. The zero-order valence-corrected chi connectivity index (χ0v) is 14.8. The Bertz CT molecular complexity index is 731. The van der Waals surface area contributed by atoms with Crippen molar-refractivity contribution >= 4 is 17.2 Å². The maximum Gasteiger partial charge on any atom is 0.273 e. The number of nitrogens with zero attached hydrogens (tertiary/aromatic N) is 2. The number of carbonyl (C=O) groups excluding carboxylic acids is 1. The van der Waals surface area contributed by atoms with Crippen LogP contribution in [0.2, 0.25) is 0 Å². The van der Waals surface area contributed by atoms with Crippen molar-refractivity contribution in [1.82, 2.24) is 9.88 Å². The van der Waals surface area contributed by atoms with Gasteiger partial charge in [0, 0.05) is 17.5 Å². The average Bonchev–Trinajstić information content (AvgIpc) is 3.11. The van der Waals surface area contributed by atoms with E-state index in [1.165, 1.54) is 11.3 Å². The Morgan fingerprint density at radius 1 is 1.33 bits per heavy atom. The molecule has 1 aliphatic rings. The van der Waals surface area contributed by atoms with Crippen LogP contribution in [0.4, 0.5) is 0 Å². The predicted molar refractivity (Wildman–Crippen MR) is 92.0 cm³/mol. The van der Waals surface area contributed by atoms with Crippen molar-refractivity contribution < 1.29 is 19.0 Å². The van der Waals surface area contributed by atoms with Gasteiger partial charge in [0.25, 0.3) is 5.91 Å². The molecule has 3 rings (SSSR count). The number of benzene rings is 1. The van der Waals surface area contributed by atoms with Crippen LogP contribution in [0.15, 0.2) is 23.6 Å². The molecule has 7 heteroatoms. The van der Waals surface area contributed by atoms with Gasteiger partial charge in [-0.05, 0) is 25.1 Å². The average molecular weight is 348 g/mol. The molecule has 2 heterocycles. The van der Waals surface area contributed by atoms with E-state index < -0.39 is 0 Å². The number of hydrogen-bond donors (Lipinski definition) is 0. The van der Waals surface area contributed by atoms with Crippen molar-refractivity contribution in [2.24, 2.45) is 0 Å². The van der Waals surface area contributed by atoms with Crippen molar-refractivity contribution in [2.75, 3.05) is 34.0 Å². The van der Waals surface area contributed by atoms with Gasteiger partial charge in [0.2, 0.25) is 0 Å². The highest BCUT2D eigenvalue weighted by Crippen LogP contribution is 2.33. The van der Waals surface area contributed by atoms with Gasteiger partial charge in [-0.3, -0.25) is 4.79 Å². The Morgan fingerprint density at radius 2 is 2.12 bits per heavy atom. The van der Waals surface area contributed by atoms with E-state index in [1.807, 2.05) is 30.0 Å². The lowest BCUT2D eigenvalue weighted by atomic mass is 10.2. The number of methoxy groups -OCH3 is 2. The lowest BCUT2D eigenvalue weighted by molar-refractivity contribution is 0.00332. The molecule has 1 aromatic carbocycles. The van der Waals surface area contributed by atoms with Crippen LogP contribution >= 0.6 is 11.3 Å². The molecule has 0 aliphatic carbocycles. The summed E-state index contributed by atoms with van der Waals surface area (Å²) in [4.78, 5) is 19.0. The van der Waals surface area contributed by atoms with Crippen LogP contribution in [0.1, 0.15) is 17.4 Å². The van der Waals surface area contributed by atoms with E-state index in [2.05, 4.69) is 4.98 Å². The largest absolute Gasteiger partial charge is 0.493 e. The molecule has 1 fully saturated rings. The van der Waals surface area contributed by atoms with Crippen molar-refractivity contribution in [3.63, 3.8) is 0 Å². The third-order valence-electron chi connectivity index (χ3n) is 3.98. The molecular weight excluding hydrogens is 328 g/mol. The Morgan fingerprint density at radius 3 is 2.83 bits per heavy atom. The zero-order valence-electron chi connectivity index (χ0n) is 13.9. The first-order valence-electron chi connectivity index (χ1n) is 7.70. The number of thiazole rings is 1. The van der Waals surface area contributed by atoms with Gasteiger partial charge in [-0.2, -0.15) is 0 Å². The third-order valence-corrected chi connectivity index (χ3v) is 4.87. The SMILES string of the molecule is COc1ccc(-c2nc(C(=O)N3CCOCC3C)cs2)cc1OC. The number of carbonyl (C=O) groups is 1. The summed E-state index contributed by atoms with van der Waals surface area (Å²) in [6.45, 7) is 3.73. The summed E-state index contributed by atoms with van der Waals surface area (Å²) in [5, 5.41) is 2.58. The second kappa shape index (κ2) is 7.19. The second-order valence-electron chi connectivity index (χ2n) is 5.53. The first-order valence-corrected chi connectivity index (χ1v) is 8.58. The summed E-state index contributed by atoms with van der Waals surface area (Å²) in [5.41, 5.74) is 1.37. The zero-order chi connectivity index (χ0) is 17.1. The summed E-state index contributed by atoms with van der Waals surface area (Å²) >= 11 is 1.44. The van der Waals surface area contributed by atoms with E-state index in [-0.39, 0.29) is 11.9 Å². The number of ether oxygens (including phenoxy) is 3. The van der Waals surface area contributed by atoms with Gasteiger partial charge >= 0.3 is 0 Å². The Kier molecular flexibility index (Phi) is 5.01. The number of amides is 1. The van der Waals surface area contributed by atoms with E-state index in [1.54, 1.807) is 19.6 Å². The quantitative estimate of drug-likeness (QED) is 0.850. The second-order valence-corrected chi connectivity index (χ2v) is 6.39. The Balaban J connectivity index is 1.84. The van der Waals surface area contributed by atoms with E-state index >= 15 is 0 Å². The van der Waals surface area contributed by atoms with E-state index in [0.29, 0.717) is 37.0 Å². The molecular formula is C17H20N2O4S. The van der Waals surface area contributed by atoms with Crippen LogP contribution in [-0.2, 0) is 4.74 Å². The molecule has 2 aromatic rings. The minimum absolute atomic E-state index is 0.0474. The van der Waals surface area contributed by atoms with Crippen LogP contribution in [0.25, 0.3) is 10.6 Å². The van der Waals surface area contributed by atoms with Crippen molar-refractivity contribution in [1.29, 1.82) is 0 Å². The fraction of sp³-hybridized carbons (Fsp3) is 0.412. The first-order chi connectivity index (χ1) is 11.6. The molecule has 1 atom stereocenters. The van der Waals surface area contributed by atoms with Gasteiger partial charge in [-0.1, -0.05) is 0 Å². The van der Waals surface area contributed by atoms with Crippen molar-refractivity contribution in [2.45, 2.75) is 13.0 Å². The van der Waals surface area contributed by atoms with Crippen molar-refractivity contribution in [3.05, 3.63) is 29.3 Å². The minimum Gasteiger partial charge on any atom is -0.493 e. The molecule has 6 nitrogen and oxygen atoms in total. The fourth-order valence-corrected chi connectivity index (χ4v) is 3.44. The van der Waals surface area contributed by atoms with Crippen LogP contribution in [0.5, 0.6) is 11.5 Å². The van der Waals surface area contributed by atoms with E-state index in [0.717, 1.165) is 10.6 Å². The lowest BCUT2D eigenvalue weighted by Gasteiger charge is -2.32. The topological polar surface area (TPSA) is 60.9 Å². The fourth-order valence-electron chi connectivity index (χ4n) is 2.65. The lowest BCUT2D eigenvalue weighted by Crippen LogP contribution is -2.47. The summed E-state index contributed by atoms with van der Waals surface area (Å²) < 4.78 is 16.0. The predicted octanol–water partition coefficient (Wildman–Crippen LogP) is 2.69. The molecule has 1 saturated heterocycles. The highest BCUT2D eigenvalue weighted by molar-refractivity contribution is 7.13. The maximum absolute atomic E-state index is 12.6. The van der Waals surface area contributed by atoms with Crippen LogP contribution in [0, 0.1) is 0 Å². The summed E-state index contributed by atoms with van der Waals surface area (Å²) in [7, 11) is 3.19. The standard InChI is InChI=1S/C17H20N2O4S/c1-11-9-23-7-6-19(11)17(20)13-10-24-16(18-13)12-4-5-14(21-2)15(8-12)22-3/h4-5,8,10-11H,6-7,9H2,1-3H3. The van der Waals surface area contributed by atoms with Gasteiger partial charge in [-0.15, -0.1) is 11.3 Å². The van der Waals surface area contributed by atoms with Crippen LogP contribution < -0.4 is 9.47 Å². The van der Waals surface area contributed by atoms with Crippen LogP contribution in [-0.4, -0.2) is 55.8 Å². The van der Waals surface area contributed by atoms with E-state index in [9.17, 15) is 4.79 Å². The van der Waals surface area contributed by atoms with Gasteiger partial charge in [0.05, 0.1) is 33.5 Å². The monoisotopic (exact) mass is 348 g/mol. The molecule has 1 amide bonds. The van der Waals surface area contributed by atoms with Crippen molar-refractivity contribution in [3.8, 4) is 22.1 Å². The smallest absolute Gasteiger partial charge is 0.273 e. The summed E-state index contributed by atoms with van der Waals surface area (Å²) in [6.07, 6.45) is 0. The van der Waals surface area contributed by atoms with Gasteiger partial charge in [-0.25, -0.2) is 4.98 Å². The summed E-state index contributed by atoms with van der Waals surface area (Å²) in [6, 6.07) is 5.67.